The Morgan fingerprint density at radius 3 is 2.11 bits per heavy atom. The van der Waals surface area contributed by atoms with Crippen LogP contribution in [0.15, 0.2) is 0 Å². The summed E-state index contributed by atoms with van der Waals surface area (Å²) < 4.78 is 0. The molecule has 0 aromatic carbocycles. The van der Waals surface area contributed by atoms with Crippen LogP contribution < -0.4 is 0 Å². The molecule has 4 saturated carbocycles. The summed E-state index contributed by atoms with van der Waals surface area (Å²) in [6.07, 6.45) is 17.4. The van der Waals surface area contributed by atoms with Crippen LogP contribution in [0.1, 0.15) is 77.6 Å². The molecule has 2 unspecified atom stereocenters. The summed E-state index contributed by atoms with van der Waals surface area (Å²) in [6.45, 7) is 2.42. The van der Waals surface area contributed by atoms with Crippen molar-refractivity contribution in [1.29, 1.82) is 0 Å². The van der Waals surface area contributed by atoms with Gasteiger partial charge in [0.25, 0.3) is 0 Å². The summed E-state index contributed by atoms with van der Waals surface area (Å²) in [4.78, 5) is 0. The van der Waals surface area contributed by atoms with Crippen LogP contribution in [0, 0.1) is 41.4 Å². The van der Waals surface area contributed by atoms with Crippen LogP contribution in [0.4, 0.5) is 0 Å². The molecule has 0 heteroatoms. The van der Waals surface area contributed by atoms with Gasteiger partial charge < -0.3 is 0 Å². The van der Waals surface area contributed by atoms with Gasteiger partial charge in [-0.25, -0.2) is 0 Å². The van der Waals surface area contributed by atoms with Gasteiger partial charge in [-0.3, -0.25) is 0 Å². The zero-order chi connectivity index (χ0) is 12.8. The van der Waals surface area contributed by atoms with Gasteiger partial charge in [-0.1, -0.05) is 32.6 Å². The third kappa shape index (κ3) is 2.09. The quantitative estimate of drug-likeness (QED) is 0.570. The molecule has 4 aliphatic rings. The first-order chi connectivity index (χ1) is 9.36. The highest BCUT2D eigenvalue weighted by Crippen LogP contribution is 2.58. The van der Waals surface area contributed by atoms with E-state index in [0.717, 1.165) is 29.6 Å². The van der Waals surface area contributed by atoms with E-state index in [1.807, 2.05) is 0 Å². The summed E-state index contributed by atoms with van der Waals surface area (Å²) >= 11 is 0. The van der Waals surface area contributed by atoms with Crippen molar-refractivity contribution in [3.63, 3.8) is 0 Å². The summed E-state index contributed by atoms with van der Waals surface area (Å²) in [7, 11) is 0. The van der Waals surface area contributed by atoms with E-state index >= 15 is 0 Å². The highest BCUT2D eigenvalue weighted by molar-refractivity contribution is 4.98. The van der Waals surface area contributed by atoms with Gasteiger partial charge in [-0.15, -0.1) is 0 Å². The van der Waals surface area contributed by atoms with Gasteiger partial charge in [0.1, 0.15) is 0 Å². The first kappa shape index (κ1) is 12.7. The molecule has 0 N–H and O–H groups in total. The first-order valence-electron chi connectivity index (χ1n) is 9.36. The third-order valence-electron chi connectivity index (χ3n) is 7.84. The highest BCUT2D eigenvalue weighted by Gasteiger charge is 2.49. The standard InChI is InChI=1S/C19H32/c1-2-13-6-9-17-15(12-13)8-11-18-16-5-3-4-14(16)7-10-19(17)18/h13-19H,2-12H2,1H3/t13?,14-,15?,16+,17-,18-,19+/m0/s1. The van der Waals surface area contributed by atoms with Crippen molar-refractivity contribution in [3.05, 3.63) is 0 Å². The van der Waals surface area contributed by atoms with E-state index in [0.29, 0.717) is 0 Å². The maximum atomic E-state index is 2.42. The van der Waals surface area contributed by atoms with Crippen molar-refractivity contribution in [2.24, 2.45) is 41.4 Å². The van der Waals surface area contributed by atoms with Crippen LogP contribution >= 0.6 is 0 Å². The molecule has 0 aromatic rings. The number of hydrogen-bond acceptors (Lipinski definition) is 0. The minimum Gasteiger partial charge on any atom is -0.0651 e. The SMILES string of the molecule is CCC1CC[C@H]2C(CC[C@H]3[C@@H]4CCC[C@H]4CC[C@@H]32)C1. The topological polar surface area (TPSA) is 0 Å². The molecule has 0 nitrogen and oxygen atoms in total. The third-order valence-corrected chi connectivity index (χ3v) is 7.84. The molecular weight excluding hydrogens is 228 g/mol. The van der Waals surface area contributed by atoms with Crippen molar-refractivity contribution in [1.82, 2.24) is 0 Å². The maximum absolute atomic E-state index is 2.42. The van der Waals surface area contributed by atoms with E-state index in [9.17, 15) is 0 Å². The number of rotatable bonds is 1. The summed E-state index contributed by atoms with van der Waals surface area (Å²) in [5.74, 6) is 8.03. The first-order valence-corrected chi connectivity index (χ1v) is 9.36. The van der Waals surface area contributed by atoms with E-state index < -0.39 is 0 Å². The molecule has 0 saturated heterocycles. The fourth-order valence-electron chi connectivity index (χ4n) is 6.94. The zero-order valence-electron chi connectivity index (χ0n) is 12.8. The van der Waals surface area contributed by atoms with Crippen LogP contribution in [-0.4, -0.2) is 0 Å². The second-order valence-corrected chi connectivity index (χ2v) is 8.35. The number of fused-ring (bicyclic) bond motifs is 5. The maximum Gasteiger partial charge on any atom is -0.0352 e. The minimum absolute atomic E-state index is 1.08. The average Bonchev–Trinajstić information content (AvgIpc) is 2.94. The molecule has 0 spiro atoms. The molecule has 0 amide bonds. The molecule has 0 radical (unpaired) electrons. The highest BCUT2D eigenvalue weighted by atomic mass is 14.5. The predicted octanol–water partition coefficient (Wildman–Crippen LogP) is 5.67. The van der Waals surface area contributed by atoms with Gasteiger partial charge in [0.15, 0.2) is 0 Å². The molecule has 19 heavy (non-hydrogen) atoms. The van der Waals surface area contributed by atoms with Crippen molar-refractivity contribution in [3.8, 4) is 0 Å². The van der Waals surface area contributed by atoms with Gasteiger partial charge in [0, 0.05) is 0 Å². The van der Waals surface area contributed by atoms with Crippen molar-refractivity contribution in [2.75, 3.05) is 0 Å². The molecule has 0 bridgehead atoms. The second-order valence-electron chi connectivity index (χ2n) is 8.35. The molecule has 7 atom stereocenters. The molecule has 0 heterocycles. The molecule has 4 fully saturated rings. The lowest BCUT2D eigenvalue weighted by Gasteiger charge is -2.52. The normalized spacial score (nSPS) is 53.2. The van der Waals surface area contributed by atoms with Crippen LogP contribution in [0.5, 0.6) is 0 Å². The number of hydrogen-bond donors (Lipinski definition) is 0. The molecule has 0 aliphatic heterocycles. The fraction of sp³-hybridized carbons (Fsp3) is 1.00. The predicted molar refractivity (Wildman–Crippen MR) is 80.9 cm³/mol. The Morgan fingerprint density at radius 2 is 1.32 bits per heavy atom. The van der Waals surface area contributed by atoms with Crippen molar-refractivity contribution in [2.45, 2.75) is 77.6 Å². The molecule has 4 rings (SSSR count). The fourth-order valence-corrected chi connectivity index (χ4v) is 6.94. The largest absolute Gasteiger partial charge is 0.0651 e. The average molecular weight is 260 g/mol. The van der Waals surface area contributed by atoms with Crippen LogP contribution in [0.25, 0.3) is 0 Å². The Bertz CT molecular complexity index is 320. The molecule has 4 aliphatic carbocycles. The van der Waals surface area contributed by atoms with E-state index in [2.05, 4.69) is 6.92 Å². The summed E-state index contributed by atoms with van der Waals surface area (Å²) in [5.41, 5.74) is 0. The summed E-state index contributed by atoms with van der Waals surface area (Å²) in [6, 6.07) is 0. The lowest BCUT2D eigenvalue weighted by molar-refractivity contribution is -0.0289. The van der Waals surface area contributed by atoms with Gasteiger partial charge in [0.2, 0.25) is 0 Å². The monoisotopic (exact) mass is 260 g/mol. The second kappa shape index (κ2) is 5.08. The van der Waals surface area contributed by atoms with Crippen LogP contribution in [0.3, 0.4) is 0 Å². The van der Waals surface area contributed by atoms with E-state index in [4.69, 9.17) is 0 Å². The van der Waals surface area contributed by atoms with Crippen molar-refractivity contribution < 1.29 is 0 Å². The van der Waals surface area contributed by atoms with Gasteiger partial charge in [0.05, 0.1) is 0 Å². The Balaban J connectivity index is 1.50. The minimum atomic E-state index is 1.08. The van der Waals surface area contributed by atoms with E-state index in [1.165, 1.54) is 18.3 Å². The lowest BCUT2D eigenvalue weighted by atomic mass is 9.53. The molecule has 0 aromatic heterocycles. The van der Waals surface area contributed by atoms with Crippen LogP contribution in [-0.2, 0) is 0 Å². The lowest BCUT2D eigenvalue weighted by Crippen LogP contribution is -2.44. The Morgan fingerprint density at radius 1 is 0.632 bits per heavy atom. The van der Waals surface area contributed by atoms with Gasteiger partial charge in [-0.05, 0) is 86.4 Å². The van der Waals surface area contributed by atoms with E-state index in [-0.39, 0.29) is 0 Å². The summed E-state index contributed by atoms with van der Waals surface area (Å²) in [5, 5.41) is 0. The Labute approximate surface area is 119 Å². The molecular formula is C19H32. The smallest absolute Gasteiger partial charge is 0.0352 e. The van der Waals surface area contributed by atoms with Crippen molar-refractivity contribution >= 4 is 0 Å². The molecule has 108 valence electrons. The zero-order valence-corrected chi connectivity index (χ0v) is 12.8. The van der Waals surface area contributed by atoms with E-state index in [1.54, 1.807) is 64.2 Å². The Hall–Kier alpha value is 0. The Kier molecular flexibility index (Phi) is 3.40. The van der Waals surface area contributed by atoms with Crippen LogP contribution in [0.2, 0.25) is 0 Å². The van der Waals surface area contributed by atoms with Gasteiger partial charge in [-0.2, -0.15) is 0 Å². The van der Waals surface area contributed by atoms with Gasteiger partial charge >= 0.3 is 0 Å².